The molecule has 0 bridgehead atoms. The molecule has 1 aliphatic rings. The van der Waals surface area contributed by atoms with Gasteiger partial charge in [-0.25, -0.2) is 4.79 Å². The van der Waals surface area contributed by atoms with E-state index in [0.717, 1.165) is 31.7 Å². The van der Waals surface area contributed by atoms with Crippen LogP contribution in [0, 0.1) is 11.8 Å². The molecule has 3 aromatic rings. The van der Waals surface area contributed by atoms with Crippen LogP contribution < -0.4 is 20.5 Å². The number of anilines is 1. The van der Waals surface area contributed by atoms with E-state index in [1.165, 1.54) is 11.7 Å². The Bertz CT molecular complexity index is 1270. The quantitative estimate of drug-likeness (QED) is 0.386. The fraction of sp³-hybridized carbons (Fsp3) is 0.417. The van der Waals surface area contributed by atoms with Gasteiger partial charge in [0.1, 0.15) is 0 Å². The summed E-state index contributed by atoms with van der Waals surface area (Å²) in [6.45, 7) is 5.23. The highest BCUT2D eigenvalue weighted by molar-refractivity contribution is 5.75. The van der Waals surface area contributed by atoms with Crippen molar-refractivity contribution in [1.29, 1.82) is 0 Å². The average molecular weight is 465 g/mol. The van der Waals surface area contributed by atoms with Crippen molar-refractivity contribution in [2.24, 2.45) is 0 Å². The fourth-order valence-electron chi connectivity index (χ4n) is 3.87. The Kier molecular flexibility index (Phi) is 7.44. The van der Waals surface area contributed by atoms with Gasteiger partial charge in [0, 0.05) is 32.7 Å². The van der Waals surface area contributed by atoms with Gasteiger partial charge in [0.2, 0.25) is 5.95 Å². The maximum Gasteiger partial charge on any atom is 0.344 e. The van der Waals surface area contributed by atoms with Crippen LogP contribution in [-0.2, 0) is 29.0 Å². The molecule has 1 N–H and O–H groups in total. The smallest absolute Gasteiger partial charge is 0.344 e. The Hall–Kier alpha value is -3.84. The van der Waals surface area contributed by atoms with E-state index in [4.69, 9.17) is 9.72 Å². The lowest BCUT2D eigenvalue weighted by atomic mass is 10.1. The molecule has 0 saturated carbocycles. The average Bonchev–Trinajstić information content (AvgIpc) is 3.25. The maximum absolute atomic E-state index is 13.8. The van der Waals surface area contributed by atoms with Crippen LogP contribution >= 0.6 is 0 Å². The molecule has 10 nitrogen and oxygen atoms in total. The summed E-state index contributed by atoms with van der Waals surface area (Å²) in [5.74, 6) is 6.04. The number of methoxy groups -OCH3 is 1. The van der Waals surface area contributed by atoms with E-state index in [9.17, 15) is 9.59 Å². The van der Waals surface area contributed by atoms with Crippen molar-refractivity contribution >= 4 is 23.1 Å². The van der Waals surface area contributed by atoms with Gasteiger partial charge in [-0.1, -0.05) is 36.3 Å². The number of carbonyl (C=O) groups excluding carboxylic acids is 1. The number of rotatable bonds is 8. The van der Waals surface area contributed by atoms with Crippen LogP contribution in [0.3, 0.4) is 0 Å². The number of hydrogen-bond donors (Lipinski definition) is 1. The molecule has 3 heterocycles. The van der Waals surface area contributed by atoms with Crippen molar-refractivity contribution in [2.75, 3.05) is 44.8 Å². The molecule has 0 unspecified atom stereocenters. The van der Waals surface area contributed by atoms with Crippen LogP contribution in [0.25, 0.3) is 11.2 Å². The van der Waals surface area contributed by atoms with Crippen molar-refractivity contribution in [3.63, 3.8) is 0 Å². The molecule has 4 rings (SSSR count). The molecule has 2 aromatic heterocycles. The molecule has 10 heteroatoms. The lowest BCUT2D eigenvalue weighted by Gasteiger charge is -2.28. The minimum atomic E-state index is -0.561. The van der Waals surface area contributed by atoms with Crippen LogP contribution in [0.2, 0.25) is 0 Å². The maximum atomic E-state index is 13.8. The van der Waals surface area contributed by atoms with Crippen molar-refractivity contribution in [3.05, 3.63) is 46.2 Å². The van der Waals surface area contributed by atoms with Crippen molar-refractivity contribution in [3.8, 4) is 17.9 Å². The van der Waals surface area contributed by atoms with E-state index >= 15 is 0 Å². The fourth-order valence-corrected chi connectivity index (χ4v) is 3.87. The van der Waals surface area contributed by atoms with Crippen molar-refractivity contribution in [2.45, 2.75) is 26.4 Å². The Labute approximate surface area is 197 Å². The van der Waals surface area contributed by atoms with Gasteiger partial charge in [0.05, 0.1) is 13.7 Å². The zero-order valence-corrected chi connectivity index (χ0v) is 19.4. The normalized spacial score (nSPS) is 13.4. The van der Waals surface area contributed by atoms with E-state index in [1.807, 2.05) is 34.9 Å². The zero-order valence-electron chi connectivity index (χ0n) is 19.4. The van der Waals surface area contributed by atoms with Crippen LogP contribution in [0.4, 0.5) is 5.95 Å². The number of aromatic nitrogens is 4. The second-order valence-corrected chi connectivity index (χ2v) is 7.79. The molecule has 0 atom stereocenters. The van der Waals surface area contributed by atoms with Crippen LogP contribution in [0.1, 0.15) is 12.5 Å². The molecule has 1 fully saturated rings. The number of benzene rings is 1. The number of esters is 1. The van der Waals surface area contributed by atoms with Gasteiger partial charge in [0.25, 0.3) is 5.56 Å². The number of nitrogens with zero attached hydrogens (tertiary/aromatic N) is 5. The Morgan fingerprint density at radius 1 is 1.15 bits per heavy atom. The first kappa shape index (κ1) is 23.3. The number of imidazole rings is 1. The number of ether oxygens (including phenoxy) is 2. The minimum Gasteiger partial charge on any atom is -0.466 e. The number of piperazine rings is 1. The molecule has 0 spiro atoms. The van der Waals surface area contributed by atoms with Gasteiger partial charge < -0.3 is 19.7 Å². The Morgan fingerprint density at radius 2 is 1.91 bits per heavy atom. The first-order valence-electron chi connectivity index (χ1n) is 11.2. The van der Waals surface area contributed by atoms with Crippen molar-refractivity contribution in [1.82, 2.24) is 24.4 Å². The highest BCUT2D eigenvalue weighted by atomic mass is 16.6. The lowest BCUT2D eigenvalue weighted by molar-refractivity contribution is -0.143. The summed E-state index contributed by atoms with van der Waals surface area (Å²) in [5, 5.41) is 3.32. The summed E-state index contributed by atoms with van der Waals surface area (Å²) in [6.07, 6.45) is 0.593. The topological polar surface area (TPSA) is 104 Å². The third-order valence-electron chi connectivity index (χ3n) is 5.64. The summed E-state index contributed by atoms with van der Waals surface area (Å²) in [7, 11) is 1.28. The molecule has 1 aliphatic heterocycles. The van der Waals surface area contributed by atoms with Gasteiger partial charge in [-0.05, 0) is 18.9 Å². The number of carbonyl (C=O) groups is 1. The largest absolute Gasteiger partial charge is 0.466 e. The summed E-state index contributed by atoms with van der Waals surface area (Å²) in [6, 6.07) is 9.88. The molecular weight excluding hydrogens is 436 g/mol. The molecule has 34 heavy (non-hydrogen) atoms. The molecular formula is C24H28N6O4. The Balaban J connectivity index is 1.81. The highest BCUT2D eigenvalue weighted by Gasteiger charge is 2.24. The summed E-state index contributed by atoms with van der Waals surface area (Å²) in [4.78, 5) is 36.8. The van der Waals surface area contributed by atoms with Crippen LogP contribution in [0.15, 0.2) is 35.1 Å². The minimum absolute atomic E-state index is 0.0388. The standard InChI is InChI=1S/C24H28N6O4/c1-3-4-13-29-20-21(26-23(29)28-15-11-25-12-16-28)27-24(34-17-19(31)33-2)30(22(20)32)14-10-18-8-6-5-7-9-18/h5-9,25H,10-17H2,1-2H3. The van der Waals surface area contributed by atoms with Gasteiger partial charge >= 0.3 is 12.0 Å². The predicted molar refractivity (Wildman–Crippen MR) is 128 cm³/mol. The first-order chi connectivity index (χ1) is 16.6. The monoisotopic (exact) mass is 464 g/mol. The highest BCUT2D eigenvalue weighted by Crippen LogP contribution is 2.22. The van der Waals surface area contributed by atoms with E-state index in [2.05, 4.69) is 31.8 Å². The number of nitrogens with one attached hydrogen (secondary N) is 1. The van der Waals surface area contributed by atoms with Crippen LogP contribution in [0.5, 0.6) is 6.01 Å². The Morgan fingerprint density at radius 3 is 2.62 bits per heavy atom. The number of hydrogen-bond acceptors (Lipinski definition) is 8. The molecule has 178 valence electrons. The summed E-state index contributed by atoms with van der Waals surface area (Å²) in [5.41, 5.74) is 1.43. The molecule has 1 aromatic carbocycles. The second-order valence-electron chi connectivity index (χ2n) is 7.79. The first-order valence-corrected chi connectivity index (χ1v) is 11.2. The predicted octanol–water partition coefficient (Wildman–Crippen LogP) is 0.820. The van der Waals surface area contributed by atoms with E-state index in [-0.39, 0.29) is 23.8 Å². The molecule has 0 radical (unpaired) electrons. The second kappa shape index (κ2) is 10.9. The van der Waals surface area contributed by atoms with Gasteiger partial charge in [-0.3, -0.25) is 13.9 Å². The summed E-state index contributed by atoms with van der Waals surface area (Å²) < 4.78 is 13.6. The van der Waals surface area contributed by atoms with Gasteiger partial charge in [-0.2, -0.15) is 9.97 Å². The van der Waals surface area contributed by atoms with E-state index in [0.29, 0.717) is 31.0 Å². The van der Waals surface area contributed by atoms with E-state index < -0.39 is 5.97 Å². The van der Waals surface area contributed by atoms with Crippen LogP contribution in [-0.4, -0.2) is 65.0 Å². The zero-order chi connectivity index (χ0) is 23.9. The number of aryl methyl sites for hydroxylation is 1. The van der Waals surface area contributed by atoms with E-state index in [1.54, 1.807) is 6.92 Å². The number of fused-ring (bicyclic) bond motifs is 1. The van der Waals surface area contributed by atoms with Crippen molar-refractivity contribution < 1.29 is 14.3 Å². The SMILES string of the molecule is CC#CCn1c(N2CCNCC2)nc2nc(OCC(=O)OC)n(CCc3ccccc3)c(=O)c21. The molecule has 0 aliphatic carbocycles. The van der Waals surface area contributed by atoms with Gasteiger partial charge in [0.15, 0.2) is 17.8 Å². The third-order valence-corrected chi connectivity index (χ3v) is 5.64. The molecule has 1 saturated heterocycles. The third kappa shape index (κ3) is 5.05. The van der Waals surface area contributed by atoms with Gasteiger partial charge in [-0.15, -0.1) is 5.92 Å². The molecule has 0 amide bonds. The lowest BCUT2D eigenvalue weighted by Crippen LogP contribution is -2.44. The summed E-state index contributed by atoms with van der Waals surface area (Å²) >= 11 is 0.